The van der Waals surface area contributed by atoms with Gasteiger partial charge in [0.1, 0.15) is 5.75 Å². The molecule has 3 heteroatoms. The summed E-state index contributed by atoms with van der Waals surface area (Å²) in [5.41, 5.74) is 1.32. The molecule has 2 N–H and O–H groups in total. The molecule has 16 heavy (non-hydrogen) atoms. The normalized spacial score (nSPS) is 8.12. The van der Waals surface area contributed by atoms with Crippen LogP contribution in [0, 0.1) is 13.8 Å². The van der Waals surface area contributed by atoms with Crippen molar-refractivity contribution in [1.82, 2.24) is 0 Å². The number of aromatic hydroxyl groups is 1. The zero-order valence-electron chi connectivity index (χ0n) is 11.0. The maximum absolute atomic E-state index is 10.6. The monoisotopic (exact) mass is 226 g/mol. The minimum Gasteiger partial charge on any atom is -0.508 e. The van der Waals surface area contributed by atoms with Crippen LogP contribution < -0.4 is 0 Å². The quantitative estimate of drug-likeness (QED) is 0.766. The molecule has 1 aromatic carbocycles. The molecule has 0 radical (unpaired) electrons. The van der Waals surface area contributed by atoms with Gasteiger partial charge in [0.05, 0.1) is 5.56 Å². The Morgan fingerprint density at radius 2 is 1.50 bits per heavy atom. The summed E-state index contributed by atoms with van der Waals surface area (Å²) in [5.74, 6) is -0.973. The van der Waals surface area contributed by atoms with E-state index in [1.54, 1.807) is 19.9 Å². The SMILES string of the molecule is CC.CC.Cc1cc(O)c(C)c(C(=O)O)c1. The van der Waals surface area contributed by atoms with Gasteiger partial charge >= 0.3 is 5.97 Å². The van der Waals surface area contributed by atoms with Crippen molar-refractivity contribution in [2.45, 2.75) is 41.5 Å². The molecule has 0 heterocycles. The lowest BCUT2D eigenvalue weighted by Crippen LogP contribution is -2.00. The first kappa shape index (κ1) is 16.9. The molecule has 0 amide bonds. The molecule has 0 atom stereocenters. The van der Waals surface area contributed by atoms with Gasteiger partial charge in [-0.3, -0.25) is 0 Å². The lowest BCUT2D eigenvalue weighted by Gasteiger charge is -2.04. The summed E-state index contributed by atoms with van der Waals surface area (Å²) >= 11 is 0. The van der Waals surface area contributed by atoms with Crippen molar-refractivity contribution < 1.29 is 15.0 Å². The highest BCUT2D eigenvalue weighted by atomic mass is 16.4. The van der Waals surface area contributed by atoms with E-state index in [2.05, 4.69) is 0 Å². The van der Waals surface area contributed by atoms with E-state index in [9.17, 15) is 9.90 Å². The second-order valence-corrected chi connectivity index (χ2v) is 2.76. The van der Waals surface area contributed by atoms with Gasteiger partial charge in [0.15, 0.2) is 0 Å². The van der Waals surface area contributed by atoms with Crippen molar-refractivity contribution in [3.8, 4) is 5.75 Å². The molecule has 92 valence electrons. The molecule has 0 aliphatic carbocycles. The van der Waals surface area contributed by atoms with Crippen LogP contribution in [-0.2, 0) is 0 Å². The minimum absolute atomic E-state index is 0.0346. The van der Waals surface area contributed by atoms with Crippen LogP contribution in [0.4, 0.5) is 0 Å². The second-order valence-electron chi connectivity index (χ2n) is 2.76. The Bertz CT molecular complexity index is 330. The number of aryl methyl sites for hydroxylation is 1. The summed E-state index contributed by atoms with van der Waals surface area (Å²) in [6.07, 6.45) is 0. The van der Waals surface area contributed by atoms with E-state index in [4.69, 9.17) is 5.11 Å². The smallest absolute Gasteiger partial charge is 0.336 e. The predicted molar refractivity (Wildman–Crippen MR) is 67.2 cm³/mol. The van der Waals surface area contributed by atoms with Gasteiger partial charge in [-0.25, -0.2) is 4.79 Å². The topological polar surface area (TPSA) is 57.5 Å². The van der Waals surface area contributed by atoms with E-state index in [1.165, 1.54) is 6.07 Å². The van der Waals surface area contributed by atoms with E-state index in [0.29, 0.717) is 5.56 Å². The average molecular weight is 226 g/mol. The molecular formula is C13H22O3. The van der Waals surface area contributed by atoms with Crippen molar-refractivity contribution in [1.29, 1.82) is 0 Å². The molecule has 0 spiro atoms. The van der Waals surface area contributed by atoms with Crippen LogP contribution in [0.5, 0.6) is 5.75 Å². The fourth-order valence-corrected chi connectivity index (χ4v) is 1.06. The summed E-state index contributed by atoms with van der Waals surface area (Å²) in [6.45, 7) is 11.3. The summed E-state index contributed by atoms with van der Waals surface area (Å²) in [5, 5.41) is 18.0. The number of carboxylic acid groups (broad SMARTS) is 1. The highest BCUT2D eigenvalue weighted by Gasteiger charge is 2.10. The second kappa shape index (κ2) is 8.77. The lowest BCUT2D eigenvalue weighted by molar-refractivity contribution is 0.0695. The number of phenolic OH excluding ortho intramolecular Hbond substituents is 1. The van der Waals surface area contributed by atoms with Crippen LogP contribution in [0.3, 0.4) is 0 Å². The van der Waals surface area contributed by atoms with Crippen LogP contribution in [0.25, 0.3) is 0 Å². The highest BCUT2D eigenvalue weighted by molar-refractivity contribution is 5.90. The zero-order valence-corrected chi connectivity index (χ0v) is 11.0. The largest absolute Gasteiger partial charge is 0.508 e. The number of benzene rings is 1. The highest BCUT2D eigenvalue weighted by Crippen LogP contribution is 2.21. The van der Waals surface area contributed by atoms with Gasteiger partial charge in [0, 0.05) is 5.56 Å². The molecule has 0 bridgehead atoms. The maximum atomic E-state index is 10.6. The number of rotatable bonds is 1. The summed E-state index contributed by atoms with van der Waals surface area (Å²) in [7, 11) is 0. The van der Waals surface area contributed by atoms with Gasteiger partial charge in [-0.15, -0.1) is 0 Å². The van der Waals surface area contributed by atoms with E-state index in [1.807, 2.05) is 27.7 Å². The molecular weight excluding hydrogens is 204 g/mol. The van der Waals surface area contributed by atoms with Crippen LogP contribution in [0.2, 0.25) is 0 Å². The van der Waals surface area contributed by atoms with Gasteiger partial charge in [0.2, 0.25) is 0 Å². The van der Waals surface area contributed by atoms with Gasteiger partial charge in [0.25, 0.3) is 0 Å². The first-order valence-electron chi connectivity index (χ1n) is 5.56. The lowest BCUT2D eigenvalue weighted by atomic mass is 10.0. The van der Waals surface area contributed by atoms with E-state index in [0.717, 1.165) is 5.56 Å². The summed E-state index contributed by atoms with van der Waals surface area (Å²) in [4.78, 5) is 10.6. The van der Waals surface area contributed by atoms with E-state index in [-0.39, 0.29) is 11.3 Å². The number of carboxylic acids is 1. The predicted octanol–water partition coefficient (Wildman–Crippen LogP) is 3.76. The molecule has 0 fully saturated rings. The van der Waals surface area contributed by atoms with Gasteiger partial charge in [-0.2, -0.15) is 0 Å². The van der Waals surface area contributed by atoms with Crippen molar-refractivity contribution in [3.63, 3.8) is 0 Å². The Hall–Kier alpha value is -1.51. The fourth-order valence-electron chi connectivity index (χ4n) is 1.06. The van der Waals surface area contributed by atoms with Crippen LogP contribution in [0.1, 0.15) is 49.2 Å². The van der Waals surface area contributed by atoms with Crippen molar-refractivity contribution in [2.24, 2.45) is 0 Å². The third-order valence-corrected chi connectivity index (χ3v) is 1.76. The first-order chi connectivity index (χ1) is 7.52. The first-order valence-corrected chi connectivity index (χ1v) is 5.56. The van der Waals surface area contributed by atoms with Gasteiger partial charge in [-0.1, -0.05) is 27.7 Å². The van der Waals surface area contributed by atoms with E-state index >= 15 is 0 Å². The van der Waals surface area contributed by atoms with Crippen LogP contribution in [-0.4, -0.2) is 16.2 Å². The molecule has 0 saturated carbocycles. The number of carbonyl (C=O) groups is 1. The Labute approximate surface area is 97.7 Å². The minimum atomic E-state index is -1.01. The van der Waals surface area contributed by atoms with Crippen molar-refractivity contribution >= 4 is 5.97 Å². The summed E-state index contributed by atoms with van der Waals surface area (Å²) < 4.78 is 0. The van der Waals surface area contributed by atoms with Crippen molar-refractivity contribution in [2.75, 3.05) is 0 Å². The Balaban J connectivity index is 0. The Morgan fingerprint density at radius 1 is 1.06 bits per heavy atom. The number of hydrogen-bond donors (Lipinski definition) is 2. The molecule has 0 aliphatic heterocycles. The number of aromatic carboxylic acids is 1. The van der Waals surface area contributed by atoms with Crippen molar-refractivity contribution in [3.05, 3.63) is 28.8 Å². The van der Waals surface area contributed by atoms with Crippen LogP contribution >= 0.6 is 0 Å². The molecule has 1 rings (SSSR count). The maximum Gasteiger partial charge on any atom is 0.336 e. The van der Waals surface area contributed by atoms with Gasteiger partial charge < -0.3 is 10.2 Å². The Kier molecular flexibility index (Phi) is 9.27. The number of hydrogen-bond acceptors (Lipinski definition) is 2. The molecule has 0 unspecified atom stereocenters. The van der Waals surface area contributed by atoms with Crippen LogP contribution in [0.15, 0.2) is 12.1 Å². The molecule has 0 aliphatic rings. The standard InChI is InChI=1S/C9H10O3.2C2H6/c1-5-3-7(9(11)12)6(2)8(10)4-5;2*1-2/h3-4,10H,1-2H3,(H,11,12);2*1-2H3. The fraction of sp³-hybridized carbons (Fsp3) is 0.462. The third kappa shape index (κ3) is 4.82. The molecule has 1 aromatic rings. The van der Waals surface area contributed by atoms with Gasteiger partial charge in [-0.05, 0) is 31.5 Å². The zero-order chi connectivity index (χ0) is 13.3. The molecule has 3 nitrogen and oxygen atoms in total. The molecule has 0 aromatic heterocycles. The third-order valence-electron chi connectivity index (χ3n) is 1.76. The molecule has 0 saturated heterocycles. The average Bonchev–Trinajstić information content (AvgIpc) is 2.28. The van der Waals surface area contributed by atoms with E-state index < -0.39 is 5.97 Å². The Morgan fingerprint density at radius 3 is 1.88 bits per heavy atom. The summed E-state index contributed by atoms with van der Waals surface area (Å²) in [6, 6.07) is 3.08. The number of phenols is 1.